The van der Waals surface area contributed by atoms with Crippen LogP contribution in [0, 0.1) is 5.92 Å². The van der Waals surface area contributed by atoms with Crippen LogP contribution in [-0.2, 0) is 9.53 Å². The van der Waals surface area contributed by atoms with Gasteiger partial charge in [-0.3, -0.25) is 4.79 Å². The monoisotopic (exact) mass is 327 g/mol. The lowest BCUT2D eigenvalue weighted by molar-refractivity contribution is -0.149. The minimum absolute atomic E-state index is 0.0526. The second-order valence-corrected chi connectivity index (χ2v) is 7.07. The number of hydrogen-bond donors (Lipinski definition) is 0. The van der Waals surface area contributed by atoms with E-state index in [0.29, 0.717) is 6.61 Å². The Morgan fingerprint density at radius 1 is 0.826 bits per heavy atom. The minimum atomic E-state index is 0.0526. The van der Waals surface area contributed by atoms with Crippen molar-refractivity contribution in [3.05, 3.63) is 0 Å². The Labute approximate surface area is 145 Å². The summed E-state index contributed by atoms with van der Waals surface area (Å²) in [6.45, 7) is 6.14. The first kappa shape index (κ1) is 22.4. The van der Waals surface area contributed by atoms with E-state index in [4.69, 9.17) is 4.74 Å². The van der Waals surface area contributed by atoms with Crippen LogP contribution in [0.4, 0.5) is 0 Å². The minimum Gasteiger partial charge on any atom is -0.465 e. The van der Waals surface area contributed by atoms with E-state index in [2.05, 4.69) is 32.8 Å². The fourth-order valence-electron chi connectivity index (χ4n) is 2.82. The normalized spacial score (nSPS) is 12.6. The predicted octanol–water partition coefficient (Wildman–Crippen LogP) is 5.43. The highest BCUT2D eigenvalue weighted by molar-refractivity contribution is 5.72. The van der Waals surface area contributed by atoms with Gasteiger partial charge in [0.25, 0.3) is 0 Å². The molecule has 0 aliphatic rings. The molecule has 0 heterocycles. The molecule has 138 valence electrons. The average molecular weight is 328 g/mol. The largest absolute Gasteiger partial charge is 0.465 e. The van der Waals surface area contributed by atoms with E-state index in [9.17, 15) is 4.79 Å². The summed E-state index contributed by atoms with van der Waals surface area (Å²) < 4.78 is 5.54. The molecule has 0 aliphatic carbocycles. The smallest absolute Gasteiger partial charge is 0.308 e. The standard InChI is InChI=1S/C20H41NO2/c1-5-7-9-10-11-14-18-23-20(22)19(15-8-6-2)16-12-13-17-21(3)4/h19H,5-18H2,1-4H3. The SMILES string of the molecule is CCCCCCCCOC(=O)C(CCCC)CCCCN(C)C. The van der Waals surface area contributed by atoms with Crippen LogP contribution in [0.1, 0.15) is 90.9 Å². The maximum atomic E-state index is 12.3. The Hall–Kier alpha value is -0.570. The van der Waals surface area contributed by atoms with Crippen LogP contribution in [0.2, 0.25) is 0 Å². The number of nitrogens with zero attached hydrogens (tertiary/aromatic N) is 1. The topological polar surface area (TPSA) is 29.5 Å². The Bertz CT molecular complexity index is 266. The van der Waals surface area contributed by atoms with Crippen LogP contribution < -0.4 is 0 Å². The second-order valence-electron chi connectivity index (χ2n) is 7.07. The molecule has 0 aromatic carbocycles. The summed E-state index contributed by atoms with van der Waals surface area (Å²) in [5.41, 5.74) is 0. The molecule has 0 rings (SSSR count). The van der Waals surface area contributed by atoms with Crippen LogP contribution in [0.15, 0.2) is 0 Å². The molecular weight excluding hydrogens is 286 g/mol. The van der Waals surface area contributed by atoms with E-state index in [1.807, 2.05) is 0 Å². The van der Waals surface area contributed by atoms with E-state index in [-0.39, 0.29) is 11.9 Å². The summed E-state index contributed by atoms with van der Waals surface area (Å²) in [6, 6.07) is 0. The molecule has 1 unspecified atom stereocenters. The predicted molar refractivity (Wildman–Crippen MR) is 99.8 cm³/mol. The Kier molecular flexibility index (Phi) is 15.9. The van der Waals surface area contributed by atoms with Gasteiger partial charge in [-0.15, -0.1) is 0 Å². The maximum Gasteiger partial charge on any atom is 0.308 e. The molecule has 0 aromatic heterocycles. The van der Waals surface area contributed by atoms with Crippen molar-refractivity contribution in [2.45, 2.75) is 90.9 Å². The summed E-state index contributed by atoms with van der Waals surface area (Å²) in [5, 5.41) is 0. The highest BCUT2D eigenvalue weighted by atomic mass is 16.5. The van der Waals surface area contributed by atoms with E-state index < -0.39 is 0 Å². The van der Waals surface area contributed by atoms with Gasteiger partial charge in [-0.05, 0) is 46.3 Å². The van der Waals surface area contributed by atoms with E-state index in [1.54, 1.807) is 0 Å². The summed E-state index contributed by atoms with van der Waals surface area (Å²) >= 11 is 0. The summed E-state index contributed by atoms with van der Waals surface area (Å²) in [4.78, 5) is 14.5. The summed E-state index contributed by atoms with van der Waals surface area (Å²) in [5.74, 6) is 0.175. The fraction of sp³-hybridized carbons (Fsp3) is 0.950. The van der Waals surface area contributed by atoms with Gasteiger partial charge in [0.2, 0.25) is 0 Å². The molecule has 0 bridgehead atoms. The van der Waals surface area contributed by atoms with Crippen LogP contribution in [0.3, 0.4) is 0 Å². The zero-order chi connectivity index (χ0) is 17.3. The van der Waals surface area contributed by atoms with Gasteiger partial charge in [0, 0.05) is 0 Å². The lowest BCUT2D eigenvalue weighted by Gasteiger charge is -2.16. The molecule has 0 radical (unpaired) electrons. The molecular formula is C20H41NO2. The van der Waals surface area contributed by atoms with Crippen molar-refractivity contribution in [3.8, 4) is 0 Å². The first-order valence-electron chi connectivity index (χ1n) is 9.93. The van der Waals surface area contributed by atoms with Gasteiger partial charge in [-0.25, -0.2) is 0 Å². The molecule has 0 amide bonds. The van der Waals surface area contributed by atoms with Crippen molar-refractivity contribution in [2.75, 3.05) is 27.2 Å². The number of hydrogen-bond acceptors (Lipinski definition) is 3. The van der Waals surface area contributed by atoms with Crippen molar-refractivity contribution in [1.82, 2.24) is 4.90 Å². The number of ether oxygens (including phenoxy) is 1. The zero-order valence-electron chi connectivity index (χ0n) is 16.2. The quantitative estimate of drug-likeness (QED) is 0.280. The lowest BCUT2D eigenvalue weighted by Crippen LogP contribution is -2.19. The van der Waals surface area contributed by atoms with Gasteiger partial charge in [-0.2, -0.15) is 0 Å². The van der Waals surface area contributed by atoms with Crippen LogP contribution in [-0.4, -0.2) is 38.1 Å². The first-order valence-corrected chi connectivity index (χ1v) is 9.93. The number of esters is 1. The van der Waals surface area contributed by atoms with E-state index in [1.165, 1.54) is 38.5 Å². The van der Waals surface area contributed by atoms with Gasteiger partial charge in [0.05, 0.1) is 12.5 Å². The highest BCUT2D eigenvalue weighted by Gasteiger charge is 2.18. The number of carbonyl (C=O) groups is 1. The van der Waals surface area contributed by atoms with Crippen LogP contribution >= 0.6 is 0 Å². The molecule has 0 aliphatic heterocycles. The van der Waals surface area contributed by atoms with Crippen LogP contribution in [0.5, 0.6) is 0 Å². The van der Waals surface area contributed by atoms with Gasteiger partial charge in [-0.1, -0.05) is 65.2 Å². The highest BCUT2D eigenvalue weighted by Crippen LogP contribution is 2.18. The third kappa shape index (κ3) is 14.7. The Balaban J connectivity index is 3.85. The van der Waals surface area contributed by atoms with Gasteiger partial charge >= 0.3 is 5.97 Å². The van der Waals surface area contributed by atoms with Gasteiger partial charge < -0.3 is 9.64 Å². The number of carbonyl (C=O) groups excluding carboxylic acids is 1. The van der Waals surface area contributed by atoms with Crippen molar-refractivity contribution >= 4 is 5.97 Å². The first-order chi connectivity index (χ1) is 11.1. The lowest BCUT2D eigenvalue weighted by atomic mass is 9.96. The molecule has 3 heteroatoms. The van der Waals surface area contributed by atoms with Gasteiger partial charge in [0.1, 0.15) is 0 Å². The molecule has 0 saturated heterocycles. The van der Waals surface area contributed by atoms with Crippen LogP contribution in [0.25, 0.3) is 0 Å². The average Bonchev–Trinajstić information content (AvgIpc) is 2.52. The van der Waals surface area contributed by atoms with E-state index >= 15 is 0 Å². The van der Waals surface area contributed by atoms with Crippen molar-refractivity contribution < 1.29 is 9.53 Å². The molecule has 0 spiro atoms. The maximum absolute atomic E-state index is 12.3. The third-order valence-electron chi connectivity index (χ3n) is 4.39. The molecule has 0 saturated carbocycles. The van der Waals surface area contributed by atoms with E-state index in [0.717, 1.165) is 45.1 Å². The molecule has 1 atom stereocenters. The zero-order valence-corrected chi connectivity index (χ0v) is 16.2. The summed E-state index contributed by atoms with van der Waals surface area (Å²) in [6.07, 6.45) is 14.0. The number of unbranched alkanes of at least 4 members (excludes halogenated alkanes) is 7. The number of rotatable bonds is 16. The van der Waals surface area contributed by atoms with Gasteiger partial charge in [0.15, 0.2) is 0 Å². The Morgan fingerprint density at radius 2 is 1.43 bits per heavy atom. The molecule has 0 fully saturated rings. The fourth-order valence-corrected chi connectivity index (χ4v) is 2.82. The van der Waals surface area contributed by atoms with Crippen molar-refractivity contribution in [2.24, 2.45) is 5.92 Å². The molecule has 0 aromatic rings. The Morgan fingerprint density at radius 3 is 2.09 bits per heavy atom. The molecule has 3 nitrogen and oxygen atoms in total. The summed E-state index contributed by atoms with van der Waals surface area (Å²) in [7, 11) is 4.20. The second kappa shape index (κ2) is 16.3. The third-order valence-corrected chi connectivity index (χ3v) is 4.39. The molecule has 0 N–H and O–H groups in total. The molecule has 23 heavy (non-hydrogen) atoms. The van der Waals surface area contributed by atoms with Crippen molar-refractivity contribution in [3.63, 3.8) is 0 Å². The van der Waals surface area contributed by atoms with Crippen molar-refractivity contribution in [1.29, 1.82) is 0 Å².